The number of methoxy groups -OCH3 is 1. The fourth-order valence-corrected chi connectivity index (χ4v) is 1.14. The SMILES string of the molecule is COCCCCOC1(C)COC1. The summed E-state index contributed by atoms with van der Waals surface area (Å²) in [6, 6.07) is 0. The molecule has 0 N–H and O–H groups in total. The van der Waals surface area contributed by atoms with Crippen LogP contribution < -0.4 is 0 Å². The number of hydrogen-bond acceptors (Lipinski definition) is 3. The van der Waals surface area contributed by atoms with Gasteiger partial charge in [0, 0.05) is 20.3 Å². The summed E-state index contributed by atoms with van der Waals surface area (Å²) in [5, 5.41) is 0. The molecular weight excluding hydrogens is 156 g/mol. The summed E-state index contributed by atoms with van der Waals surface area (Å²) in [5.41, 5.74) is 0.00702. The first-order valence-corrected chi connectivity index (χ1v) is 4.47. The van der Waals surface area contributed by atoms with Gasteiger partial charge in [-0.2, -0.15) is 0 Å². The standard InChI is InChI=1S/C9H18O3/c1-9(7-11-8-9)12-6-4-3-5-10-2/h3-8H2,1-2H3. The summed E-state index contributed by atoms with van der Waals surface area (Å²) >= 11 is 0. The van der Waals surface area contributed by atoms with Crippen LogP contribution in [0.1, 0.15) is 19.8 Å². The van der Waals surface area contributed by atoms with Crippen molar-refractivity contribution in [3.05, 3.63) is 0 Å². The van der Waals surface area contributed by atoms with Gasteiger partial charge >= 0.3 is 0 Å². The van der Waals surface area contributed by atoms with Gasteiger partial charge in [-0.15, -0.1) is 0 Å². The molecule has 0 aromatic heterocycles. The molecule has 0 aromatic rings. The van der Waals surface area contributed by atoms with Crippen LogP contribution in [-0.2, 0) is 14.2 Å². The van der Waals surface area contributed by atoms with E-state index in [0.29, 0.717) is 0 Å². The van der Waals surface area contributed by atoms with Gasteiger partial charge in [-0.25, -0.2) is 0 Å². The van der Waals surface area contributed by atoms with Gasteiger partial charge in [0.2, 0.25) is 0 Å². The molecule has 0 spiro atoms. The highest BCUT2D eigenvalue weighted by molar-refractivity contribution is 4.81. The zero-order valence-electron chi connectivity index (χ0n) is 7.97. The first-order chi connectivity index (χ1) is 5.77. The zero-order valence-corrected chi connectivity index (χ0v) is 7.97. The van der Waals surface area contributed by atoms with Gasteiger partial charge in [-0.1, -0.05) is 0 Å². The summed E-state index contributed by atoms with van der Waals surface area (Å²) in [5.74, 6) is 0. The molecule has 1 fully saturated rings. The quantitative estimate of drug-likeness (QED) is 0.567. The Balaban J connectivity index is 1.88. The Morgan fingerprint density at radius 2 is 1.92 bits per heavy atom. The van der Waals surface area contributed by atoms with Crippen LogP contribution in [0.15, 0.2) is 0 Å². The third kappa shape index (κ3) is 3.09. The van der Waals surface area contributed by atoms with Crippen molar-refractivity contribution < 1.29 is 14.2 Å². The van der Waals surface area contributed by atoms with Gasteiger partial charge in [-0.3, -0.25) is 0 Å². The highest BCUT2D eigenvalue weighted by Crippen LogP contribution is 2.20. The third-order valence-electron chi connectivity index (χ3n) is 2.01. The molecule has 1 heterocycles. The third-order valence-corrected chi connectivity index (χ3v) is 2.01. The fraction of sp³-hybridized carbons (Fsp3) is 1.00. The van der Waals surface area contributed by atoms with Crippen molar-refractivity contribution in [2.24, 2.45) is 0 Å². The minimum absolute atomic E-state index is 0.00702. The Hall–Kier alpha value is -0.120. The predicted octanol–water partition coefficient (Wildman–Crippen LogP) is 1.22. The summed E-state index contributed by atoms with van der Waals surface area (Å²) in [4.78, 5) is 0. The minimum atomic E-state index is 0.00702. The van der Waals surface area contributed by atoms with Gasteiger partial charge in [0.25, 0.3) is 0 Å². The molecular formula is C9H18O3. The number of unbranched alkanes of at least 4 members (excludes halogenated alkanes) is 1. The topological polar surface area (TPSA) is 27.7 Å². The normalized spacial score (nSPS) is 20.5. The van der Waals surface area contributed by atoms with E-state index in [-0.39, 0.29) is 5.60 Å². The van der Waals surface area contributed by atoms with Crippen molar-refractivity contribution in [1.82, 2.24) is 0 Å². The van der Waals surface area contributed by atoms with Crippen LogP contribution in [-0.4, -0.2) is 39.1 Å². The summed E-state index contributed by atoms with van der Waals surface area (Å²) < 4.78 is 15.6. The molecule has 1 rings (SSSR count). The van der Waals surface area contributed by atoms with E-state index in [4.69, 9.17) is 14.2 Å². The molecule has 0 amide bonds. The predicted molar refractivity (Wildman–Crippen MR) is 46.3 cm³/mol. The first kappa shape index (κ1) is 9.96. The van der Waals surface area contributed by atoms with Crippen molar-refractivity contribution >= 4 is 0 Å². The van der Waals surface area contributed by atoms with Gasteiger partial charge in [0.1, 0.15) is 5.60 Å². The lowest BCUT2D eigenvalue weighted by molar-refractivity contribution is -0.199. The highest BCUT2D eigenvalue weighted by atomic mass is 16.6. The number of ether oxygens (including phenoxy) is 3. The van der Waals surface area contributed by atoms with Gasteiger partial charge in [0.05, 0.1) is 13.2 Å². The lowest BCUT2D eigenvalue weighted by Gasteiger charge is -2.37. The van der Waals surface area contributed by atoms with Crippen LogP contribution in [0.2, 0.25) is 0 Å². The maximum absolute atomic E-state index is 5.63. The zero-order chi connectivity index (χ0) is 8.86. The summed E-state index contributed by atoms with van der Waals surface area (Å²) in [7, 11) is 1.72. The maximum atomic E-state index is 5.63. The van der Waals surface area contributed by atoms with E-state index in [1.165, 1.54) is 0 Å². The smallest absolute Gasteiger partial charge is 0.112 e. The lowest BCUT2D eigenvalue weighted by atomic mass is 10.1. The molecule has 0 aromatic carbocycles. The Labute approximate surface area is 74.0 Å². The summed E-state index contributed by atoms with van der Waals surface area (Å²) in [6.45, 7) is 5.24. The van der Waals surface area contributed by atoms with Crippen LogP contribution in [0.4, 0.5) is 0 Å². The van der Waals surface area contributed by atoms with Gasteiger partial charge in [0.15, 0.2) is 0 Å². The van der Waals surface area contributed by atoms with Crippen LogP contribution >= 0.6 is 0 Å². The second kappa shape index (κ2) is 4.80. The minimum Gasteiger partial charge on any atom is -0.385 e. The van der Waals surface area contributed by atoms with E-state index in [0.717, 1.165) is 39.3 Å². The average Bonchev–Trinajstić information content (AvgIpc) is 2.01. The molecule has 72 valence electrons. The summed E-state index contributed by atoms with van der Waals surface area (Å²) in [6.07, 6.45) is 2.15. The van der Waals surface area contributed by atoms with Crippen molar-refractivity contribution in [1.29, 1.82) is 0 Å². The van der Waals surface area contributed by atoms with E-state index in [1.807, 2.05) is 0 Å². The highest BCUT2D eigenvalue weighted by Gasteiger charge is 2.33. The van der Waals surface area contributed by atoms with E-state index in [1.54, 1.807) is 7.11 Å². The molecule has 0 bridgehead atoms. The van der Waals surface area contributed by atoms with Crippen LogP contribution in [0.25, 0.3) is 0 Å². The molecule has 1 aliphatic heterocycles. The Morgan fingerprint density at radius 3 is 2.42 bits per heavy atom. The molecule has 0 atom stereocenters. The van der Waals surface area contributed by atoms with E-state index in [9.17, 15) is 0 Å². The maximum Gasteiger partial charge on any atom is 0.112 e. The van der Waals surface area contributed by atoms with Crippen LogP contribution in [0.3, 0.4) is 0 Å². The second-order valence-electron chi connectivity index (χ2n) is 3.49. The molecule has 0 unspecified atom stereocenters. The van der Waals surface area contributed by atoms with E-state index >= 15 is 0 Å². The molecule has 1 aliphatic rings. The van der Waals surface area contributed by atoms with Gasteiger partial charge < -0.3 is 14.2 Å². The van der Waals surface area contributed by atoms with Gasteiger partial charge in [-0.05, 0) is 19.8 Å². The largest absolute Gasteiger partial charge is 0.385 e. The molecule has 12 heavy (non-hydrogen) atoms. The first-order valence-electron chi connectivity index (χ1n) is 4.47. The van der Waals surface area contributed by atoms with Crippen molar-refractivity contribution in [3.63, 3.8) is 0 Å². The molecule has 0 aliphatic carbocycles. The lowest BCUT2D eigenvalue weighted by Crippen LogP contribution is -2.49. The second-order valence-corrected chi connectivity index (χ2v) is 3.49. The van der Waals surface area contributed by atoms with E-state index in [2.05, 4.69) is 6.92 Å². The van der Waals surface area contributed by atoms with Crippen molar-refractivity contribution in [3.8, 4) is 0 Å². The Bertz CT molecular complexity index is 121. The van der Waals surface area contributed by atoms with E-state index < -0.39 is 0 Å². The van der Waals surface area contributed by atoms with Crippen LogP contribution in [0.5, 0.6) is 0 Å². The Morgan fingerprint density at radius 1 is 1.25 bits per heavy atom. The number of hydrogen-bond donors (Lipinski definition) is 0. The average molecular weight is 174 g/mol. The molecule has 0 radical (unpaired) electrons. The molecule has 0 saturated carbocycles. The molecule has 3 heteroatoms. The molecule has 3 nitrogen and oxygen atoms in total. The Kier molecular flexibility index (Phi) is 3.98. The van der Waals surface area contributed by atoms with Crippen LogP contribution in [0, 0.1) is 0 Å². The molecule has 1 saturated heterocycles. The monoisotopic (exact) mass is 174 g/mol. The fourth-order valence-electron chi connectivity index (χ4n) is 1.14. The van der Waals surface area contributed by atoms with Crippen molar-refractivity contribution in [2.75, 3.05) is 33.5 Å². The number of rotatable bonds is 6. The van der Waals surface area contributed by atoms with Crippen molar-refractivity contribution in [2.45, 2.75) is 25.4 Å².